The molecule has 0 amide bonds. The average molecular weight is 2040 g/mol. The number of thiocarbonyl (C=S) groups is 3. The van der Waals surface area contributed by atoms with Gasteiger partial charge in [-0.1, -0.05) is 82.7 Å². The first-order chi connectivity index (χ1) is 59.2. The maximum atomic E-state index is 12.3. The van der Waals surface area contributed by atoms with E-state index in [-0.39, 0.29) is 37.9 Å². The average Bonchev–Trinajstić information content (AvgIpc) is 1.14. The predicted octanol–water partition coefficient (Wildman–Crippen LogP) is 23.1. The number of esters is 3. The molecule has 0 saturated carbocycles. The van der Waals surface area contributed by atoms with Crippen LogP contribution in [0.25, 0.3) is 0 Å². The first-order valence-corrected chi connectivity index (χ1v) is 82.5. The van der Waals surface area contributed by atoms with Crippen molar-refractivity contribution >= 4 is 179 Å². The van der Waals surface area contributed by atoms with Crippen LogP contribution in [0.4, 0.5) is 0 Å². The Morgan fingerprint density at radius 3 is 0.773 bits per heavy atom. The molecule has 2 heterocycles. The van der Waals surface area contributed by atoms with Crippen LogP contribution in [0.15, 0.2) is 78.9 Å². The van der Waals surface area contributed by atoms with Crippen LogP contribution in [-0.4, -0.2) is 214 Å². The van der Waals surface area contributed by atoms with Crippen molar-refractivity contribution in [1.29, 1.82) is 0 Å². The molecule has 8 N–H and O–H groups in total. The summed E-state index contributed by atoms with van der Waals surface area (Å²) in [5.41, 5.74) is 23.4. The number of aliphatic imine (C=N–C) groups is 1. The number of ketones is 2. The van der Waals surface area contributed by atoms with Crippen LogP contribution in [0.1, 0.15) is 188 Å². The summed E-state index contributed by atoms with van der Waals surface area (Å²) in [5.74, 6) is -0.765. The van der Waals surface area contributed by atoms with Crippen LogP contribution in [-0.2, 0) is 67.7 Å². The normalized spacial score (nSPS) is 12.3. The number of aromatic nitrogens is 4. The summed E-state index contributed by atoms with van der Waals surface area (Å²) >= 11 is 16.8. The lowest BCUT2D eigenvalue weighted by Gasteiger charge is -2.38. The number of nitrogens with zero attached hydrogens (tertiary/aromatic N) is 5. The Balaban J connectivity index is -0.00000214. The minimum Gasteiger partial charge on any atom is -0.462 e. The molecule has 128 heavy (non-hydrogen) atoms. The van der Waals surface area contributed by atoms with Gasteiger partial charge in [-0.15, -0.1) is 0 Å². The Morgan fingerprint density at radius 2 is 0.555 bits per heavy atom. The van der Waals surface area contributed by atoms with Crippen molar-refractivity contribution < 1.29 is 67.7 Å². The number of hydrogen-bond acceptors (Lipinski definition) is 25. The van der Waals surface area contributed by atoms with E-state index in [2.05, 4.69) is 183 Å². The highest BCUT2D eigenvalue weighted by atomic mass is 32.1. The molecule has 0 unspecified atom stereocenters. The number of unbranched alkanes of at least 4 members (excludes halogenated alkanes) is 6. The second-order valence-corrected chi connectivity index (χ2v) is 90.1. The molecule has 0 radical (unpaired) electrons. The molecule has 0 aromatic carbocycles. The number of ether oxygens (including phenoxy) is 3. The Hall–Kier alpha value is -2.97. The molecular formula is C90H183N9O15S3Si11. The fourth-order valence-corrected chi connectivity index (χ4v) is 65.9. The number of imidazole rings is 2. The molecule has 0 atom stereocenters. The largest absolute Gasteiger partial charge is 0.462 e. The molecule has 38 heteroatoms. The molecule has 0 aliphatic heterocycles. The van der Waals surface area contributed by atoms with Crippen molar-refractivity contribution in [2.24, 2.45) is 27.9 Å². The smallest absolute Gasteiger partial charge is 0.333 e. The summed E-state index contributed by atoms with van der Waals surface area (Å²) in [6, 6.07) is 11.5. The third-order valence-corrected chi connectivity index (χ3v) is 63.6. The third-order valence-electron chi connectivity index (χ3n) is 20.8. The lowest BCUT2D eigenvalue weighted by Crippen LogP contribution is -2.52. The molecule has 0 spiro atoms. The minimum atomic E-state index is -2.03. The first kappa shape index (κ1) is 129. The quantitative estimate of drug-likeness (QED) is 0.00698. The zero-order valence-electron chi connectivity index (χ0n) is 85.1. The molecule has 2 rings (SSSR count). The molecule has 0 aliphatic rings. The summed E-state index contributed by atoms with van der Waals surface area (Å²) in [7, 11) is -18.9. The Kier molecular flexibility index (Phi) is 69.6. The molecule has 0 saturated heterocycles. The number of isocyanates is 1. The second-order valence-electron chi connectivity index (χ2n) is 40.7. The number of Topliss-reactive ketones (excluding diaryl/α,β-unsaturated/α-hetero) is 2. The van der Waals surface area contributed by atoms with E-state index in [9.17, 15) is 28.8 Å². The Bertz CT molecular complexity index is 3360. The van der Waals surface area contributed by atoms with E-state index < -0.39 is 110 Å². The van der Waals surface area contributed by atoms with Gasteiger partial charge in [0.15, 0.2) is 88.3 Å². The molecular weight excluding hydrogens is 1850 g/mol. The summed E-state index contributed by atoms with van der Waals surface area (Å²) in [5, 5.41) is 0.644. The molecule has 740 valence electrons. The maximum absolute atomic E-state index is 12.3. The van der Waals surface area contributed by atoms with Gasteiger partial charge >= 0.3 is 26.5 Å². The van der Waals surface area contributed by atoms with E-state index in [1.165, 1.54) is 77.8 Å². The fourth-order valence-electron chi connectivity index (χ4n) is 15.0. The van der Waals surface area contributed by atoms with Crippen LogP contribution in [0.2, 0.25) is 204 Å². The van der Waals surface area contributed by atoms with Crippen LogP contribution in [0.5, 0.6) is 0 Å². The van der Waals surface area contributed by atoms with Gasteiger partial charge in [-0.25, -0.2) is 34.1 Å². The SMILES string of the molecule is C=C(C)C(=O)OCCCC(=O)CCCC[Si](C)(C)O[Si](C)(C)CCCCC(=S)CCCC[Si](C)(C)O[Si](C)(C)CCCCC(=S)CCCC[Si](C)(C)O[Si](C)(C)CCCCC(=O)CCCOC(=O)C(=C)C.C=C(C)C(=O)OCCN=C=O.C[Si](C)(CCCN)O[Si](C)(C)CCCN.C[Si](C)(CCCN)O[Si](C)(C)O[Si](C)(C)CCCN.S=C(n1ccnc1)n1ccnc1. The van der Waals surface area contributed by atoms with Gasteiger partial charge in [-0.2, -0.15) is 0 Å². The zero-order valence-corrected chi connectivity index (χ0v) is 98.5. The van der Waals surface area contributed by atoms with Crippen LogP contribution < -0.4 is 22.9 Å². The third kappa shape index (κ3) is 76.2. The molecule has 2 aromatic heterocycles. The van der Waals surface area contributed by atoms with E-state index >= 15 is 0 Å². The number of rotatable bonds is 68. The van der Waals surface area contributed by atoms with Gasteiger partial charge in [0.25, 0.3) is 0 Å². The van der Waals surface area contributed by atoms with Gasteiger partial charge in [0.1, 0.15) is 30.8 Å². The Morgan fingerprint density at radius 1 is 0.336 bits per heavy atom. The highest BCUT2D eigenvalue weighted by molar-refractivity contribution is 7.80. The topological polar surface area (TPSA) is 338 Å². The lowest BCUT2D eigenvalue weighted by atomic mass is 10.1. The highest BCUT2D eigenvalue weighted by Crippen LogP contribution is 2.32. The number of carbonyl (C=O) groups excluding carboxylic acids is 6. The zero-order chi connectivity index (χ0) is 98.6. The summed E-state index contributed by atoms with van der Waals surface area (Å²) < 4.78 is 58.3. The van der Waals surface area contributed by atoms with Crippen molar-refractivity contribution in [3.05, 3.63) is 73.9 Å². The van der Waals surface area contributed by atoms with Crippen LogP contribution in [0.3, 0.4) is 0 Å². The molecule has 0 aliphatic carbocycles. The van der Waals surface area contributed by atoms with Gasteiger partial charge in [0, 0.05) is 67.2 Å². The highest BCUT2D eigenvalue weighted by Gasteiger charge is 2.40. The van der Waals surface area contributed by atoms with Crippen molar-refractivity contribution in [2.75, 3.05) is 52.5 Å². The van der Waals surface area contributed by atoms with E-state index in [4.69, 9.17) is 93.8 Å². The van der Waals surface area contributed by atoms with Gasteiger partial charge in [0.05, 0.1) is 19.8 Å². The summed E-state index contributed by atoms with van der Waals surface area (Å²) in [6.07, 6.45) is 36.5. The maximum Gasteiger partial charge on any atom is 0.333 e. The standard InChI is InChI=1S/C54H106O9S2Si6.C12H34N2O2Si3.C10H28N2OSi2.C7H6N4S.C7H9NO3/c1-47(2)53(57)59-39-29-33-49(55)31-17-23-41-66(5,6)61-68(9,10)43-25-19-35-51(64)37-21-27-45-70(13,14)63-71(15,16)46-28-22-38-52(65)36-20-26-44-69(11,12)62-67(7,8)42-24-18-32-50(56)34-30-40-60-54(58)48(3)4;1-17(2,11-7-9-13)15-19(5,6)16-18(3,4)12-8-10-14;1-14(2,9-5-7-11)13-15(3,4)10-6-8-12;12-7(10-3-1-8-5-10)11-4-2-9-6-11;1-6(2)7(10)11-4-3-8-5-9/h1,3,17-46H2,2,4-16H3;7-14H2,1-6H3;5-12H2,1-4H3;1-6H;1,3-4H2,2H3. The number of nitrogens with two attached hydrogens (primary N) is 4. The lowest BCUT2D eigenvalue weighted by molar-refractivity contribution is -0.140. The Labute approximate surface area is 805 Å². The van der Waals surface area contributed by atoms with Gasteiger partial charge < -0.3 is 61.8 Å². The molecule has 24 nitrogen and oxygen atoms in total. The first-order valence-electron chi connectivity index (χ1n) is 47.3. The molecule has 2 aromatic rings. The number of carbonyl (C=O) groups is 5. The van der Waals surface area contributed by atoms with Crippen molar-refractivity contribution in [3.8, 4) is 0 Å². The van der Waals surface area contributed by atoms with E-state index in [1.54, 1.807) is 67.3 Å². The molecule has 0 bridgehead atoms. The van der Waals surface area contributed by atoms with Gasteiger partial charge in [-0.05, 0) is 376 Å². The van der Waals surface area contributed by atoms with E-state index in [1.807, 2.05) is 0 Å². The second kappa shape index (κ2) is 68.9. The summed E-state index contributed by atoms with van der Waals surface area (Å²) in [4.78, 5) is 81.2. The van der Waals surface area contributed by atoms with Crippen molar-refractivity contribution in [3.63, 3.8) is 0 Å². The van der Waals surface area contributed by atoms with Crippen molar-refractivity contribution in [2.45, 2.75) is 392 Å². The summed E-state index contributed by atoms with van der Waals surface area (Å²) in [6.45, 7) is 70.3. The van der Waals surface area contributed by atoms with Crippen LogP contribution >= 0.6 is 36.7 Å². The monoisotopic (exact) mass is 2030 g/mol. The van der Waals surface area contributed by atoms with Crippen molar-refractivity contribution in [1.82, 2.24) is 19.1 Å². The molecule has 0 fully saturated rings. The predicted molar refractivity (Wildman–Crippen MR) is 577 cm³/mol. The van der Waals surface area contributed by atoms with E-state index in [0.29, 0.717) is 60.4 Å². The van der Waals surface area contributed by atoms with E-state index in [0.717, 1.165) is 153 Å². The van der Waals surface area contributed by atoms with Gasteiger partial charge in [-0.3, -0.25) is 18.7 Å². The number of hydrogen-bond donors (Lipinski definition) is 4. The fraction of sp³-hybridized carbons (Fsp3) is 0.767. The minimum absolute atomic E-state index is 0.0981. The van der Waals surface area contributed by atoms with Crippen LogP contribution in [0, 0.1) is 0 Å². The van der Waals surface area contributed by atoms with Gasteiger partial charge in [0.2, 0.25) is 6.08 Å².